The van der Waals surface area contributed by atoms with Crippen LogP contribution >= 0.6 is 12.2 Å². The molecule has 26 heavy (non-hydrogen) atoms. The Morgan fingerprint density at radius 1 is 1.38 bits per heavy atom. The monoisotopic (exact) mass is 377 g/mol. The maximum Gasteiger partial charge on any atom is 0.241 e. The first-order chi connectivity index (χ1) is 12.6. The lowest BCUT2D eigenvalue weighted by molar-refractivity contribution is -0.129. The van der Waals surface area contributed by atoms with Crippen molar-refractivity contribution < 1.29 is 23.8 Å². The summed E-state index contributed by atoms with van der Waals surface area (Å²) in [5.41, 5.74) is 0.545. The van der Waals surface area contributed by atoms with Crippen molar-refractivity contribution in [2.75, 3.05) is 26.5 Å². The molecule has 138 valence electrons. The van der Waals surface area contributed by atoms with Crippen LogP contribution < -0.4 is 5.32 Å². The van der Waals surface area contributed by atoms with Crippen molar-refractivity contribution in [1.29, 1.82) is 0 Å². The van der Waals surface area contributed by atoms with E-state index in [4.69, 9.17) is 26.4 Å². The molecular weight excluding hydrogens is 358 g/mol. The Labute approximate surface area is 155 Å². The number of nitrogens with zero attached hydrogens (tertiary/aromatic N) is 2. The van der Waals surface area contributed by atoms with Gasteiger partial charge >= 0.3 is 0 Å². The van der Waals surface area contributed by atoms with Crippen LogP contribution in [-0.2, 0) is 23.8 Å². The predicted molar refractivity (Wildman–Crippen MR) is 95.0 cm³/mol. The maximum atomic E-state index is 12.8. The second-order valence-electron chi connectivity index (χ2n) is 6.42. The Bertz CT molecular complexity index is 739. The van der Waals surface area contributed by atoms with Gasteiger partial charge in [-0.15, -0.1) is 0 Å². The SMILES string of the molecule is O=C(CCN1C(=O)C2C=C3OCOC3=CC2=NC1=S)NCC1CCCO1. The van der Waals surface area contributed by atoms with Crippen LogP contribution in [0.5, 0.6) is 0 Å². The van der Waals surface area contributed by atoms with Crippen LogP contribution in [0.2, 0.25) is 0 Å². The molecule has 0 spiro atoms. The number of fused-ring (bicyclic) bond motifs is 2. The van der Waals surface area contributed by atoms with Crippen molar-refractivity contribution in [2.24, 2.45) is 10.9 Å². The highest BCUT2D eigenvalue weighted by Gasteiger charge is 2.38. The molecule has 2 saturated heterocycles. The van der Waals surface area contributed by atoms with E-state index >= 15 is 0 Å². The minimum Gasteiger partial charge on any atom is -0.454 e. The third-order valence-electron chi connectivity index (χ3n) is 4.69. The van der Waals surface area contributed by atoms with Crippen LogP contribution in [0, 0.1) is 5.92 Å². The summed E-state index contributed by atoms with van der Waals surface area (Å²) in [6.45, 7) is 1.57. The molecule has 0 saturated carbocycles. The molecule has 9 heteroatoms. The molecule has 4 rings (SSSR count). The fourth-order valence-corrected chi connectivity index (χ4v) is 3.56. The van der Waals surface area contributed by atoms with Crippen molar-refractivity contribution >= 4 is 34.9 Å². The minimum atomic E-state index is -0.558. The minimum absolute atomic E-state index is 0.0901. The van der Waals surface area contributed by atoms with Gasteiger partial charge in [-0.2, -0.15) is 0 Å². The predicted octanol–water partition coefficient (Wildman–Crippen LogP) is 0.642. The molecule has 2 atom stereocenters. The van der Waals surface area contributed by atoms with E-state index in [1.165, 1.54) is 4.90 Å². The smallest absolute Gasteiger partial charge is 0.241 e. The third kappa shape index (κ3) is 3.36. The molecule has 0 bridgehead atoms. The molecule has 0 radical (unpaired) electrons. The first kappa shape index (κ1) is 17.2. The lowest BCUT2D eigenvalue weighted by Crippen LogP contribution is -2.47. The summed E-state index contributed by atoms with van der Waals surface area (Å²) >= 11 is 5.24. The quantitative estimate of drug-likeness (QED) is 0.708. The number of thiocarbonyl (C=S) groups is 1. The molecule has 2 fully saturated rings. The zero-order valence-corrected chi connectivity index (χ0v) is 14.9. The fourth-order valence-electron chi connectivity index (χ4n) is 3.28. The van der Waals surface area contributed by atoms with Gasteiger partial charge in [0.05, 0.1) is 11.8 Å². The zero-order valence-electron chi connectivity index (χ0n) is 14.1. The molecule has 4 aliphatic rings. The Hall–Kier alpha value is -2.26. The van der Waals surface area contributed by atoms with Crippen molar-refractivity contribution in [2.45, 2.75) is 25.4 Å². The number of hydrogen-bond acceptors (Lipinski definition) is 6. The van der Waals surface area contributed by atoms with E-state index in [0.29, 0.717) is 23.8 Å². The highest BCUT2D eigenvalue weighted by Crippen LogP contribution is 2.31. The van der Waals surface area contributed by atoms with E-state index < -0.39 is 5.92 Å². The van der Waals surface area contributed by atoms with Gasteiger partial charge in [-0.1, -0.05) is 0 Å². The first-order valence-electron chi connectivity index (χ1n) is 8.63. The Morgan fingerprint density at radius 3 is 3.04 bits per heavy atom. The van der Waals surface area contributed by atoms with E-state index in [0.717, 1.165) is 19.4 Å². The normalized spacial score (nSPS) is 26.9. The maximum absolute atomic E-state index is 12.8. The number of amides is 2. The van der Waals surface area contributed by atoms with E-state index in [1.807, 2.05) is 0 Å². The van der Waals surface area contributed by atoms with Gasteiger partial charge in [-0.3, -0.25) is 14.5 Å². The van der Waals surface area contributed by atoms with Crippen LogP contribution in [0.1, 0.15) is 19.3 Å². The largest absolute Gasteiger partial charge is 0.454 e. The molecule has 8 nitrogen and oxygen atoms in total. The molecule has 2 amide bonds. The summed E-state index contributed by atoms with van der Waals surface area (Å²) in [5.74, 6) is 0.215. The van der Waals surface area contributed by atoms with Crippen molar-refractivity contribution in [3.63, 3.8) is 0 Å². The molecule has 0 aromatic carbocycles. The van der Waals surface area contributed by atoms with E-state index in [-0.39, 0.29) is 42.8 Å². The summed E-state index contributed by atoms with van der Waals surface area (Å²) in [6, 6.07) is 0. The number of nitrogens with one attached hydrogen (secondary N) is 1. The van der Waals surface area contributed by atoms with Gasteiger partial charge in [0.2, 0.25) is 23.7 Å². The van der Waals surface area contributed by atoms with E-state index in [9.17, 15) is 9.59 Å². The number of carbonyl (C=O) groups is 2. The lowest BCUT2D eigenvalue weighted by atomic mass is 9.94. The van der Waals surface area contributed by atoms with Gasteiger partial charge in [-0.25, -0.2) is 4.99 Å². The number of aliphatic imine (C=N–C) groups is 1. The van der Waals surface area contributed by atoms with Crippen LogP contribution in [-0.4, -0.2) is 60.1 Å². The highest BCUT2D eigenvalue weighted by atomic mass is 32.1. The van der Waals surface area contributed by atoms with Gasteiger partial charge in [0, 0.05) is 32.2 Å². The topological polar surface area (TPSA) is 89.5 Å². The molecule has 1 N–H and O–H groups in total. The second kappa shape index (κ2) is 7.16. The van der Waals surface area contributed by atoms with Gasteiger partial charge in [0.15, 0.2) is 11.5 Å². The number of hydrogen-bond donors (Lipinski definition) is 1. The standard InChI is InChI=1S/C17H19N3O5S/c21-15(18-8-10-2-1-5-23-10)3-4-20-16(22)11-6-13-14(25-9-24-13)7-12(11)19-17(20)26/h6-7,10-11H,1-5,8-9H2,(H,18,21). The molecule has 0 aromatic rings. The average Bonchev–Trinajstić information content (AvgIpc) is 3.29. The molecule has 3 aliphatic heterocycles. The van der Waals surface area contributed by atoms with Crippen LogP contribution in [0.25, 0.3) is 0 Å². The van der Waals surface area contributed by atoms with Crippen LogP contribution in [0.4, 0.5) is 0 Å². The molecule has 1 aliphatic carbocycles. The Morgan fingerprint density at radius 2 is 2.23 bits per heavy atom. The van der Waals surface area contributed by atoms with Gasteiger partial charge in [-0.05, 0) is 31.1 Å². The highest BCUT2D eigenvalue weighted by molar-refractivity contribution is 7.80. The summed E-state index contributed by atoms with van der Waals surface area (Å²) in [5, 5.41) is 3.01. The van der Waals surface area contributed by atoms with Crippen LogP contribution in [0.3, 0.4) is 0 Å². The van der Waals surface area contributed by atoms with Crippen molar-refractivity contribution in [3.05, 3.63) is 23.7 Å². The Kier molecular flexibility index (Phi) is 4.73. The molecule has 0 aromatic heterocycles. The van der Waals surface area contributed by atoms with E-state index in [1.54, 1.807) is 12.2 Å². The second-order valence-corrected chi connectivity index (χ2v) is 6.79. The third-order valence-corrected chi connectivity index (χ3v) is 5.00. The number of allylic oxidation sites excluding steroid dienone is 1. The summed E-state index contributed by atoms with van der Waals surface area (Å²) < 4.78 is 16.1. The molecule has 3 heterocycles. The summed E-state index contributed by atoms with van der Waals surface area (Å²) in [6.07, 6.45) is 5.61. The van der Waals surface area contributed by atoms with Gasteiger partial charge in [0.1, 0.15) is 5.92 Å². The number of ether oxygens (including phenoxy) is 3. The fraction of sp³-hybridized carbons (Fsp3) is 0.529. The van der Waals surface area contributed by atoms with Gasteiger partial charge in [0.25, 0.3) is 0 Å². The zero-order chi connectivity index (χ0) is 18.1. The summed E-state index contributed by atoms with van der Waals surface area (Å²) in [4.78, 5) is 30.5. The average molecular weight is 377 g/mol. The molecular formula is C17H19N3O5S. The first-order valence-corrected chi connectivity index (χ1v) is 9.04. The van der Waals surface area contributed by atoms with Crippen molar-refractivity contribution in [3.8, 4) is 0 Å². The molecule has 2 unspecified atom stereocenters. The van der Waals surface area contributed by atoms with Crippen molar-refractivity contribution in [1.82, 2.24) is 10.2 Å². The lowest BCUT2D eigenvalue weighted by Gasteiger charge is -2.30. The Balaban J connectivity index is 1.35. The van der Waals surface area contributed by atoms with E-state index in [2.05, 4.69) is 10.3 Å². The van der Waals surface area contributed by atoms with Gasteiger partial charge < -0.3 is 19.5 Å². The van der Waals surface area contributed by atoms with Crippen LogP contribution in [0.15, 0.2) is 28.7 Å². The summed E-state index contributed by atoms with van der Waals surface area (Å²) in [7, 11) is 0. The number of carbonyl (C=O) groups excluding carboxylic acids is 2. The number of rotatable bonds is 5.